The summed E-state index contributed by atoms with van der Waals surface area (Å²) in [6.07, 6.45) is 1.75. The summed E-state index contributed by atoms with van der Waals surface area (Å²) >= 11 is 0. The second kappa shape index (κ2) is 12.8. The van der Waals surface area contributed by atoms with Gasteiger partial charge in [-0.2, -0.15) is 0 Å². The molecule has 0 aliphatic heterocycles. The molecule has 0 N–H and O–H groups in total. The van der Waals surface area contributed by atoms with Crippen molar-refractivity contribution in [3.05, 3.63) is 202 Å². The number of ether oxygens (including phenoxy) is 3. The Morgan fingerprint density at radius 2 is 1.18 bits per heavy atom. The summed E-state index contributed by atoms with van der Waals surface area (Å²) in [6, 6.07) is 47.6. The van der Waals surface area contributed by atoms with Gasteiger partial charge in [-0.1, -0.05) is 143 Å². The molecule has 4 aliphatic rings. The molecule has 3 atom stereocenters. The molecule has 0 spiro atoms. The predicted molar refractivity (Wildman–Crippen MR) is 215 cm³/mol. The molecule has 0 aromatic heterocycles. The lowest BCUT2D eigenvalue weighted by Gasteiger charge is -2.52. The first-order valence-electron chi connectivity index (χ1n) is 18.9. The van der Waals surface area contributed by atoms with E-state index in [1.807, 2.05) is 42.5 Å². The maximum Gasteiger partial charge on any atom is 0.335 e. The van der Waals surface area contributed by atoms with Crippen LogP contribution in [0.4, 0.5) is 0 Å². The highest BCUT2D eigenvalue weighted by Gasteiger charge is 2.58. The summed E-state index contributed by atoms with van der Waals surface area (Å²) in [5, 5.41) is 0. The standard InChI is InChI=1S/C50H42O5/c1-6-46(51)54-34-24-19-31(20-25-34)49(41-16-10-7-13-36(41)37-14-8-11-17-42(37)49)32-21-26-35(27-22-32)55-47(52)45-30-39-38-15-9-12-18-43(38)50(45,53-5)44-28-23-33(29-40(39)44)48(2,3)4/h6-29,39,45H,1,30H2,2-5H3. The van der Waals surface area contributed by atoms with E-state index in [2.05, 4.69) is 124 Å². The first-order chi connectivity index (χ1) is 26.6. The summed E-state index contributed by atoms with van der Waals surface area (Å²) in [4.78, 5) is 26.5. The number of carbonyl (C=O) groups excluding carboxylic acids is 2. The summed E-state index contributed by atoms with van der Waals surface area (Å²) in [7, 11) is 1.71. The van der Waals surface area contributed by atoms with Gasteiger partial charge in [0.15, 0.2) is 0 Å². The number of rotatable bonds is 7. The molecule has 55 heavy (non-hydrogen) atoms. The van der Waals surface area contributed by atoms with Crippen molar-refractivity contribution in [3.63, 3.8) is 0 Å². The van der Waals surface area contributed by atoms with Crippen LogP contribution >= 0.6 is 0 Å². The van der Waals surface area contributed by atoms with E-state index in [0.29, 0.717) is 17.9 Å². The van der Waals surface area contributed by atoms with Crippen molar-refractivity contribution >= 4 is 11.9 Å². The van der Waals surface area contributed by atoms with Gasteiger partial charge in [-0.05, 0) is 97.3 Å². The highest BCUT2D eigenvalue weighted by Crippen LogP contribution is 2.60. The van der Waals surface area contributed by atoms with Crippen molar-refractivity contribution in [1.29, 1.82) is 0 Å². The van der Waals surface area contributed by atoms with E-state index in [4.69, 9.17) is 14.2 Å². The maximum absolute atomic E-state index is 14.5. The minimum absolute atomic E-state index is 0.0130. The number of fused-ring (bicyclic) bond motifs is 4. The number of carbonyl (C=O) groups is 2. The Bertz CT molecular complexity index is 2460. The van der Waals surface area contributed by atoms with Gasteiger partial charge in [-0.25, -0.2) is 4.79 Å². The van der Waals surface area contributed by atoms with Crippen LogP contribution < -0.4 is 9.47 Å². The van der Waals surface area contributed by atoms with Crippen LogP contribution in [0.5, 0.6) is 11.5 Å². The van der Waals surface area contributed by atoms with Crippen LogP contribution in [-0.2, 0) is 30.8 Å². The zero-order valence-corrected chi connectivity index (χ0v) is 31.5. The molecule has 272 valence electrons. The lowest BCUT2D eigenvalue weighted by atomic mass is 9.56. The molecule has 0 radical (unpaired) electrons. The molecule has 4 aliphatic carbocycles. The number of hydrogen-bond acceptors (Lipinski definition) is 5. The normalized spacial score (nSPS) is 19.7. The quantitative estimate of drug-likeness (QED) is 0.0931. The van der Waals surface area contributed by atoms with E-state index in [-0.39, 0.29) is 17.3 Å². The van der Waals surface area contributed by atoms with Crippen molar-refractivity contribution in [2.45, 2.75) is 49.5 Å². The fraction of sp³-hybridized carbons (Fsp3) is 0.200. The van der Waals surface area contributed by atoms with Crippen LogP contribution in [0.25, 0.3) is 11.1 Å². The highest BCUT2D eigenvalue weighted by atomic mass is 16.5. The minimum Gasteiger partial charge on any atom is -0.426 e. The van der Waals surface area contributed by atoms with Crippen LogP contribution in [0.15, 0.2) is 152 Å². The van der Waals surface area contributed by atoms with E-state index >= 15 is 0 Å². The Morgan fingerprint density at radius 1 is 0.655 bits per heavy atom. The zero-order valence-electron chi connectivity index (χ0n) is 31.5. The number of benzene rings is 6. The van der Waals surface area contributed by atoms with Crippen LogP contribution in [0.1, 0.15) is 83.2 Å². The molecule has 0 amide bonds. The molecular weight excluding hydrogens is 681 g/mol. The lowest BCUT2D eigenvalue weighted by Crippen LogP contribution is -2.52. The molecule has 6 aromatic carbocycles. The van der Waals surface area contributed by atoms with Crippen molar-refractivity contribution in [2.75, 3.05) is 7.11 Å². The second-order valence-electron chi connectivity index (χ2n) is 15.9. The smallest absolute Gasteiger partial charge is 0.335 e. The molecule has 6 aromatic rings. The molecule has 0 fully saturated rings. The third-order valence-electron chi connectivity index (χ3n) is 12.1. The van der Waals surface area contributed by atoms with Gasteiger partial charge in [0.05, 0.1) is 11.3 Å². The topological polar surface area (TPSA) is 61.8 Å². The fourth-order valence-electron chi connectivity index (χ4n) is 9.68. The van der Waals surface area contributed by atoms with Gasteiger partial charge in [0.1, 0.15) is 17.1 Å². The molecule has 0 saturated carbocycles. The maximum atomic E-state index is 14.5. The molecule has 0 heterocycles. The highest BCUT2D eigenvalue weighted by molar-refractivity contribution is 5.87. The molecule has 5 nitrogen and oxygen atoms in total. The van der Waals surface area contributed by atoms with Crippen LogP contribution in [0, 0.1) is 5.92 Å². The van der Waals surface area contributed by atoms with E-state index in [9.17, 15) is 9.59 Å². The molecule has 10 rings (SSSR count). The van der Waals surface area contributed by atoms with Gasteiger partial charge in [0.2, 0.25) is 0 Å². The third kappa shape index (κ3) is 5.10. The van der Waals surface area contributed by atoms with E-state index < -0.39 is 22.9 Å². The number of esters is 2. The largest absolute Gasteiger partial charge is 0.426 e. The predicted octanol–water partition coefficient (Wildman–Crippen LogP) is 10.4. The summed E-state index contributed by atoms with van der Waals surface area (Å²) in [6.45, 7) is 10.2. The first kappa shape index (κ1) is 34.7. The molecular formula is C50H42O5. The van der Waals surface area contributed by atoms with Crippen LogP contribution in [0.2, 0.25) is 0 Å². The number of hydrogen-bond donors (Lipinski definition) is 0. The van der Waals surface area contributed by atoms with Crippen molar-refractivity contribution < 1.29 is 23.8 Å². The van der Waals surface area contributed by atoms with Crippen LogP contribution in [0.3, 0.4) is 0 Å². The summed E-state index contributed by atoms with van der Waals surface area (Å²) in [5.74, 6) is -0.395. The Kier molecular flexibility index (Phi) is 8.07. The van der Waals surface area contributed by atoms with Crippen molar-refractivity contribution in [1.82, 2.24) is 0 Å². The Labute approximate surface area is 322 Å². The van der Waals surface area contributed by atoms with Gasteiger partial charge in [-0.15, -0.1) is 0 Å². The second-order valence-corrected chi connectivity index (χ2v) is 15.9. The zero-order chi connectivity index (χ0) is 38.1. The summed E-state index contributed by atoms with van der Waals surface area (Å²) in [5.41, 5.74) is 10.7. The monoisotopic (exact) mass is 722 g/mol. The van der Waals surface area contributed by atoms with Gasteiger partial charge in [-0.3, -0.25) is 4.79 Å². The Balaban J connectivity index is 1.10. The molecule has 5 heteroatoms. The number of methoxy groups -OCH3 is 1. The van der Waals surface area contributed by atoms with Crippen molar-refractivity contribution in [2.24, 2.45) is 5.92 Å². The van der Waals surface area contributed by atoms with Gasteiger partial charge >= 0.3 is 11.9 Å². The SMILES string of the molecule is C=CC(=O)Oc1ccc(C2(c3ccc(OC(=O)C4CC5c6ccccc6C4(OC)c4ccc(C(C)(C)C)cc45)cc3)c3ccccc3-c3ccccc32)cc1. The summed E-state index contributed by atoms with van der Waals surface area (Å²) < 4.78 is 18.3. The molecule has 2 bridgehead atoms. The van der Waals surface area contributed by atoms with E-state index in [1.54, 1.807) is 7.11 Å². The van der Waals surface area contributed by atoms with E-state index in [0.717, 1.165) is 50.6 Å². The average Bonchev–Trinajstić information content (AvgIpc) is 3.51. The van der Waals surface area contributed by atoms with E-state index in [1.165, 1.54) is 16.7 Å². The first-order valence-corrected chi connectivity index (χ1v) is 18.9. The van der Waals surface area contributed by atoms with Gasteiger partial charge in [0, 0.05) is 19.1 Å². The molecule has 0 saturated heterocycles. The Hall–Kier alpha value is -6.04. The lowest BCUT2D eigenvalue weighted by molar-refractivity contribution is -0.153. The van der Waals surface area contributed by atoms with Gasteiger partial charge in [0.25, 0.3) is 0 Å². The van der Waals surface area contributed by atoms with Crippen molar-refractivity contribution in [3.8, 4) is 22.6 Å². The van der Waals surface area contributed by atoms with Gasteiger partial charge < -0.3 is 14.2 Å². The Morgan fingerprint density at radius 3 is 1.75 bits per heavy atom. The average molecular weight is 723 g/mol. The minimum atomic E-state index is -0.971. The fourth-order valence-corrected chi connectivity index (χ4v) is 9.68. The molecule has 3 unspecified atom stereocenters. The third-order valence-corrected chi connectivity index (χ3v) is 12.1. The van der Waals surface area contributed by atoms with Crippen LogP contribution in [-0.4, -0.2) is 19.0 Å².